The van der Waals surface area contributed by atoms with E-state index in [1.165, 1.54) is 11.3 Å². The Bertz CT molecular complexity index is 759. The van der Waals surface area contributed by atoms with Crippen molar-refractivity contribution in [3.05, 3.63) is 44.3 Å². The SMILES string of the molecule is Cc1ccc(=O)n(C2CCC(NC(=O)c3csc(C)n3)CC2)n1. The molecule has 1 aliphatic rings. The quantitative estimate of drug-likeness (QED) is 0.935. The Balaban J connectivity index is 1.59. The predicted octanol–water partition coefficient (Wildman–Crippen LogP) is 2.23. The molecule has 2 aromatic heterocycles. The van der Waals surface area contributed by atoms with E-state index in [2.05, 4.69) is 15.4 Å². The second-order valence-electron chi connectivity index (χ2n) is 5.99. The molecule has 7 heteroatoms. The molecule has 1 fully saturated rings. The first kappa shape index (κ1) is 15.9. The zero-order valence-corrected chi connectivity index (χ0v) is 14.1. The Kier molecular flexibility index (Phi) is 4.56. The number of carbonyl (C=O) groups excluding carboxylic acids is 1. The van der Waals surface area contributed by atoms with E-state index in [0.29, 0.717) is 5.69 Å². The van der Waals surface area contributed by atoms with Crippen LogP contribution in [0.15, 0.2) is 22.3 Å². The van der Waals surface area contributed by atoms with Crippen LogP contribution in [0.1, 0.15) is 52.9 Å². The minimum Gasteiger partial charge on any atom is -0.348 e. The van der Waals surface area contributed by atoms with Gasteiger partial charge in [0.25, 0.3) is 11.5 Å². The molecule has 6 nitrogen and oxygen atoms in total. The van der Waals surface area contributed by atoms with Crippen molar-refractivity contribution >= 4 is 17.2 Å². The highest BCUT2D eigenvalue weighted by molar-refractivity contribution is 7.09. The van der Waals surface area contributed by atoms with Gasteiger partial charge in [-0.2, -0.15) is 5.10 Å². The third-order valence-electron chi connectivity index (χ3n) is 4.19. The van der Waals surface area contributed by atoms with E-state index in [-0.39, 0.29) is 23.6 Å². The van der Waals surface area contributed by atoms with Gasteiger partial charge in [0.2, 0.25) is 0 Å². The molecule has 23 heavy (non-hydrogen) atoms. The second-order valence-corrected chi connectivity index (χ2v) is 7.05. The highest BCUT2D eigenvalue weighted by Gasteiger charge is 2.25. The standard InChI is InChI=1S/C16H20N4O2S/c1-10-3-8-15(21)20(19-10)13-6-4-12(5-7-13)18-16(22)14-9-23-11(2)17-14/h3,8-9,12-13H,4-7H2,1-2H3,(H,18,22). The molecule has 2 aromatic rings. The number of aromatic nitrogens is 3. The van der Waals surface area contributed by atoms with E-state index in [1.54, 1.807) is 22.2 Å². The van der Waals surface area contributed by atoms with Gasteiger partial charge in [-0.3, -0.25) is 9.59 Å². The van der Waals surface area contributed by atoms with Crippen molar-refractivity contribution in [3.63, 3.8) is 0 Å². The normalized spacial score (nSPS) is 21.1. The number of hydrogen-bond donors (Lipinski definition) is 1. The summed E-state index contributed by atoms with van der Waals surface area (Å²) in [5, 5.41) is 10.1. The summed E-state index contributed by atoms with van der Waals surface area (Å²) in [4.78, 5) is 28.3. The Hall–Kier alpha value is -2.02. The number of amides is 1. The number of nitrogens with zero attached hydrogens (tertiary/aromatic N) is 3. The van der Waals surface area contributed by atoms with E-state index in [0.717, 1.165) is 36.4 Å². The van der Waals surface area contributed by atoms with Gasteiger partial charge in [0, 0.05) is 17.5 Å². The van der Waals surface area contributed by atoms with E-state index >= 15 is 0 Å². The van der Waals surface area contributed by atoms with Crippen LogP contribution in [-0.2, 0) is 0 Å². The Morgan fingerprint density at radius 1 is 1.26 bits per heavy atom. The lowest BCUT2D eigenvalue weighted by Gasteiger charge is -2.29. The maximum Gasteiger partial charge on any atom is 0.270 e. The molecule has 0 unspecified atom stereocenters. The summed E-state index contributed by atoms with van der Waals surface area (Å²) in [6, 6.07) is 3.57. The molecule has 3 rings (SSSR count). The van der Waals surface area contributed by atoms with Crippen LogP contribution >= 0.6 is 11.3 Å². The van der Waals surface area contributed by atoms with Crippen LogP contribution < -0.4 is 10.9 Å². The van der Waals surface area contributed by atoms with Gasteiger partial charge in [0.1, 0.15) is 5.69 Å². The lowest BCUT2D eigenvalue weighted by molar-refractivity contribution is 0.0917. The molecular formula is C16H20N4O2S. The van der Waals surface area contributed by atoms with Crippen molar-refractivity contribution in [2.24, 2.45) is 0 Å². The Morgan fingerprint density at radius 3 is 2.65 bits per heavy atom. The molecule has 0 aliphatic heterocycles. The number of hydrogen-bond acceptors (Lipinski definition) is 5. The monoisotopic (exact) mass is 332 g/mol. The van der Waals surface area contributed by atoms with Crippen LogP contribution in [0.3, 0.4) is 0 Å². The van der Waals surface area contributed by atoms with Crippen LogP contribution in [0.2, 0.25) is 0 Å². The van der Waals surface area contributed by atoms with Gasteiger partial charge < -0.3 is 5.32 Å². The average Bonchev–Trinajstić information content (AvgIpc) is 2.97. The summed E-state index contributed by atoms with van der Waals surface area (Å²) < 4.78 is 1.59. The fourth-order valence-corrected chi connectivity index (χ4v) is 3.57. The number of nitrogens with one attached hydrogen (secondary N) is 1. The van der Waals surface area contributed by atoms with Gasteiger partial charge in [0.05, 0.1) is 16.7 Å². The number of carbonyl (C=O) groups is 1. The summed E-state index contributed by atoms with van der Waals surface area (Å²) in [6.07, 6.45) is 3.39. The van der Waals surface area contributed by atoms with Gasteiger partial charge in [-0.25, -0.2) is 9.67 Å². The number of rotatable bonds is 3. The minimum atomic E-state index is -0.108. The first-order chi connectivity index (χ1) is 11.0. The van der Waals surface area contributed by atoms with Crippen molar-refractivity contribution in [2.45, 2.75) is 51.6 Å². The fourth-order valence-electron chi connectivity index (χ4n) is 2.97. The molecule has 0 saturated heterocycles. The molecule has 0 atom stereocenters. The largest absolute Gasteiger partial charge is 0.348 e. The fraction of sp³-hybridized carbons (Fsp3) is 0.500. The molecule has 0 spiro atoms. The molecule has 1 aliphatic carbocycles. The van der Waals surface area contributed by atoms with Gasteiger partial charge in [-0.1, -0.05) is 0 Å². The smallest absolute Gasteiger partial charge is 0.270 e. The molecule has 2 heterocycles. The minimum absolute atomic E-state index is 0.0546. The van der Waals surface area contributed by atoms with Crippen LogP contribution in [0.4, 0.5) is 0 Å². The number of aryl methyl sites for hydroxylation is 2. The highest BCUT2D eigenvalue weighted by atomic mass is 32.1. The van der Waals surface area contributed by atoms with Crippen molar-refractivity contribution in [1.82, 2.24) is 20.1 Å². The van der Waals surface area contributed by atoms with Crippen LogP contribution in [-0.4, -0.2) is 26.7 Å². The molecule has 0 aromatic carbocycles. The number of thiazole rings is 1. The van der Waals surface area contributed by atoms with E-state index in [4.69, 9.17) is 0 Å². The lowest BCUT2D eigenvalue weighted by atomic mass is 9.91. The summed E-state index contributed by atoms with van der Waals surface area (Å²) in [7, 11) is 0. The van der Waals surface area contributed by atoms with Crippen molar-refractivity contribution in [3.8, 4) is 0 Å². The summed E-state index contributed by atoms with van der Waals surface area (Å²) >= 11 is 1.48. The zero-order valence-electron chi connectivity index (χ0n) is 13.3. The van der Waals surface area contributed by atoms with Crippen molar-refractivity contribution < 1.29 is 4.79 Å². The van der Waals surface area contributed by atoms with Gasteiger partial charge in [0.15, 0.2) is 0 Å². The molecule has 1 saturated carbocycles. The molecule has 1 amide bonds. The lowest BCUT2D eigenvalue weighted by Crippen LogP contribution is -2.39. The zero-order chi connectivity index (χ0) is 16.4. The maximum absolute atomic E-state index is 12.1. The van der Waals surface area contributed by atoms with E-state index in [1.807, 2.05) is 13.8 Å². The first-order valence-electron chi connectivity index (χ1n) is 7.82. The van der Waals surface area contributed by atoms with Gasteiger partial charge >= 0.3 is 0 Å². The predicted molar refractivity (Wildman–Crippen MR) is 88.8 cm³/mol. The summed E-state index contributed by atoms with van der Waals surface area (Å²) in [5.41, 5.74) is 1.28. The Morgan fingerprint density at radius 2 is 2.00 bits per heavy atom. The first-order valence-corrected chi connectivity index (χ1v) is 8.70. The van der Waals surface area contributed by atoms with E-state index in [9.17, 15) is 9.59 Å². The second kappa shape index (κ2) is 6.62. The van der Waals surface area contributed by atoms with Crippen molar-refractivity contribution in [1.29, 1.82) is 0 Å². The highest BCUT2D eigenvalue weighted by Crippen LogP contribution is 2.27. The molecule has 122 valence electrons. The van der Waals surface area contributed by atoms with E-state index < -0.39 is 0 Å². The van der Waals surface area contributed by atoms with Gasteiger partial charge in [-0.05, 0) is 45.6 Å². The Labute approximate surface area is 138 Å². The maximum atomic E-state index is 12.1. The average molecular weight is 332 g/mol. The topological polar surface area (TPSA) is 76.9 Å². The summed E-state index contributed by atoms with van der Waals surface area (Å²) in [6.45, 7) is 3.77. The summed E-state index contributed by atoms with van der Waals surface area (Å²) in [5.74, 6) is -0.108. The third-order valence-corrected chi connectivity index (χ3v) is 4.96. The molecule has 0 radical (unpaired) electrons. The molecule has 1 N–H and O–H groups in total. The molecule has 0 bridgehead atoms. The van der Waals surface area contributed by atoms with Crippen LogP contribution in [0.25, 0.3) is 0 Å². The van der Waals surface area contributed by atoms with Gasteiger partial charge in [-0.15, -0.1) is 11.3 Å². The van der Waals surface area contributed by atoms with Crippen molar-refractivity contribution in [2.75, 3.05) is 0 Å². The van der Waals surface area contributed by atoms with Crippen LogP contribution in [0.5, 0.6) is 0 Å². The molecular weight excluding hydrogens is 312 g/mol. The third kappa shape index (κ3) is 3.67. The van der Waals surface area contributed by atoms with Crippen LogP contribution in [0, 0.1) is 13.8 Å².